The summed E-state index contributed by atoms with van der Waals surface area (Å²) in [7, 11) is 0. The summed E-state index contributed by atoms with van der Waals surface area (Å²) in [6, 6.07) is 15.4. The standard InChI is InChI=1S/C24H29N3O/c1-17-7-9-18(10-8-17)23(28)6-3-13-26-14-11-22-20(16-26)19-4-2-5-21-24(19)27(22)15-12-25-21/h2,4-5,7-10,20,22,25H,3,6,11-16H2,1H3/t20-,22-/m0/s1. The molecule has 0 aromatic heterocycles. The van der Waals surface area contributed by atoms with Crippen LogP contribution in [0.4, 0.5) is 11.4 Å². The van der Waals surface area contributed by atoms with Crippen molar-refractivity contribution >= 4 is 17.2 Å². The van der Waals surface area contributed by atoms with E-state index in [-0.39, 0.29) is 5.78 Å². The number of nitrogens with zero attached hydrogens (tertiary/aromatic N) is 2. The van der Waals surface area contributed by atoms with Crippen LogP contribution >= 0.6 is 0 Å². The van der Waals surface area contributed by atoms with Gasteiger partial charge in [0.05, 0.1) is 11.4 Å². The Bertz CT molecular complexity index is 876. The number of para-hydroxylation sites is 1. The average molecular weight is 376 g/mol. The highest BCUT2D eigenvalue weighted by Gasteiger charge is 2.43. The Kier molecular flexibility index (Phi) is 4.59. The molecule has 5 rings (SSSR count). The Morgan fingerprint density at radius 1 is 1.14 bits per heavy atom. The highest BCUT2D eigenvalue weighted by atomic mass is 16.1. The van der Waals surface area contributed by atoms with Crippen LogP contribution in [0, 0.1) is 6.92 Å². The summed E-state index contributed by atoms with van der Waals surface area (Å²) in [5.41, 5.74) is 6.35. The van der Waals surface area contributed by atoms with E-state index in [4.69, 9.17) is 0 Å². The van der Waals surface area contributed by atoms with Gasteiger partial charge in [0.2, 0.25) is 0 Å². The lowest BCUT2D eigenvalue weighted by Crippen LogP contribution is -2.48. The Balaban J connectivity index is 1.20. The maximum atomic E-state index is 12.4. The Morgan fingerprint density at radius 2 is 2.00 bits per heavy atom. The minimum atomic E-state index is 0.272. The van der Waals surface area contributed by atoms with E-state index < -0.39 is 0 Å². The fourth-order valence-electron chi connectivity index (χ4n) is 5.31. The summed E-state index contributed by atoms with van der Waals surface area (Å²) in [5.74, 6) is 0.880. The van der Waals surface area contributed by atoms with E-state index in [1.54, 1.807) is 0 Å². The smallest absolute Gasteiger partial charge is 0.162 e. The predicted octanol–water partition coefficient (Wildman–Crippen LogP) is 4.06. The molecule has 0 unspecified atom stereocenters. The molecule has 3 aliphatic heterocycles. The normalized spacial score (nSPS) is 23.1. The quantitative estimate of drug-likeness (QED) is 0.800. The first-order valence-corrected chi connectivity index (χ1v) is 10.7. The molecule has 3 aliphatic rings. The van der Waals surface area contributed by atoms with Crippen LogP contribution in [0.1, 0.15) is 46.7 Å². The number of piperidine rings is 1. The molecular weight excluding hydrogens is 346 g/mol. The van der Waals surface area contributed by atoms with Crippen molar-refractivity contribution in [2.24, 2.45) is 0 Å². The molecule has 2 atom stereocenters. The van der Waals surface area contributed by atoms with Gasteiger partial charge >= 0.3 is 0 Å². The lowest BCUT2D eigenvalue weighted by atomic mass is 9.89. The van der Waals surface area contributed by atoms with Crippen LogP contribution in [0.2, 0.25) is 0 Å². The number of hydrogen-bond acceptors (Lipinski definition) is 4. The van der Waals surface area contributed by atoms with Crippen LogP contribution in [0.15, 0.2) is 42.5 Å². The number of aryl methyl sites for hydroxylation is 1. The van der Waals surface area contributed by atoms with E-state index in [0.717, 1.165) is 44.7 Å². The first kappa shape index (κ1) is 17.7. The van der Waals surface area contributed by atoms with E-state index in [9.17, 15) is 4.79 Å². The van der Waals surface area contributed by atoms with Gasteiger partial charge in [-0.15, -0.1) is 0 Å². The van der Waals surface area contributed by atoms with Crippen LogP contribution in [-0.2, 0) is 0 Å². The zero-order chi connectivity index (χ0) is 19.1. The van der Waals surface area contributed by atoms with Gasteiger partial charge in [0.25, 0.3) is 0 Å². The topological polar surface area (TPSA) is 35.6 Å². The first-order valence-electron chi connectivity index (χ1n) is 10.7. The van der Waals surface area contributed by atoms with Crippen LogP contribution in [0.25, 0.3) is 0 Å². The van der Waals surface area contributed by atoms with Crippen molar-refractivity contribution in [3.8, 4) is 0 Å². The molecule has 146 valence electrons. The third-order valence-corrected chi connectivity index (χ3v) is 6.73. The first-order chi connectivity index (χ1) is 13.7. The number of carbonyl (C=O) groups is 1. The Hall–Kier alpha value is -2.33. The largest absolute Gasteiger partial charge is 0.382 e. The van der Waals surface area contributed by atoms with E-state index in [1.165, 1.54) is 28.9 Å². The summed E-state index contributed by atoms with van der Waals surface area (Å²) in [6.07, 6.45) is 2.82. The molecule has 2 aromatic carbocycles. The van der Waals surface area contributed by atoms with E-state index in [2.05, 4.69) is 40.2 Å². The second-order valence-electron chi connectivity index (χ2n) is 8.52. The molecule has 1 fully saturated rings. The third-order valence-electron chi connectivity index (χ3n) is 6.73. The second-order valence-corrected chi connectivity index (χ2v) is 8.52. The summed E-state index contributed by atoms with van der Waals surface area (Å²) >= 11 is 0. The van der Waals surface area contributed by atoms with Crippen LogP contribution in [0.3, 0.4) is 0 Å². The molecule has 4 nitrogen and oxygen atoms in total. The van der Waals surface area contributed by atoms with Gasteiger partial charge in [-0.05, 0) is 37.9 Å². The molecule has 0 radical (unpaired) electrons. The fourth-order valence-corrected chi connectivity index (χ4v) is 5.31. The van der Waals surface area contributed by atoms with Crippen molar-refractivity contribution in [1.29, 1.82) is 0 Å². The molecule has 0 amide bonds. The second kappa shape index (κ2) is 7.25. The number of ketones is 1. The highest BCUT2D eigenvalue weighted by Crippen LogP contribution is 2.49. The maximum absolute atomic E-state index is 12.4. The van der Waals surface area contributed by atoms with Gasteiger partial charge in [-0.25, -0.2) is 0 Å². The number of benzene rings is 2. The zero-order valence-electron chi connectivity index (χ0n) is 16.7. The van der Waals surface area contributed by atoms with Gasteiger partial charge in [-0.1, -0.05) is 42.0 Å². The van der Waals surface area contributed by atoms with E-state index >= 15 is 0 Å². The highest BCUT2D eigenvalue weighted by molar-refractivity contribution is 5.96. The van der Waals surface area contributed by atoms with Crippen molar-refractivity contribution in [3.05, 3.63) is 59.2 Å². The van der Waals surface area contributed by atoms with Gasteiger partial charge in [0, 0.05) is 50.1 Å². The molecule has 28 heavy (non-hydrogen) atoms. The minimum Gasteiger partial charge on any atom is -0.382 e. The molecule has 3 heterocycles. The van der Waals surface area contributed by atoms with Crippen LogP contribution in [-0.4, -0.2) is 49.4 Å². The van der Waals surface area contributed by atoms with Gasteiger partial charge in [0.1, 0.15) is 0 Å². The number of Topliss-reactive ketones (excluding diaryl/α,β-unsaturated/α-hetero) is 1. The summed E-state index contributed by atoms with van der Waals surface area (Å²) in [6.45, 7) is 7.51. The summed E-state index contributed by atoms with van der Waals surface area (Å²) < 4.78 is 0. The van der Waals surface area contributed by atoms with Crippen LogP contribution in [0.5, 0.6) is 0 Å². The number of rotatable bonds is 5. The number of anilines is 2. The van der Waals surface area contributed by atoms with Crippen LogP contribution < -0.4 is 10.2 Å². The molecule has 1 N–H and O–H groups in total. The van der Waals surface area contributed by atoms with Gasteiger partial charge in [0.15, 0.2) is 5.78 Å². The zero-order valence-corrected chi connectivity index (χ0v) is 16.7. The minimum absolute atomic E-state index is 0.272. The molecule has 4 heteroatoms. The maximum Gasteiger partial charge on any atom is 0.162 e. The Morgan fingerprint density at radius 3 is 2.86 bits per heavy atom. The summed E-state index contributed by atoms with van der Waals surface area (Å²) in [4.78, 5) is 17.7. The number of carbonyl (C=O) groups excluding carboxylic acids is 1. The van der Waals surface area contributed by atoms with E-state index in [0.29, 0.717) is 18.4 Å². The summed E-state index contributed by atoms with van der Waals surface area (Å²) in [5, 5.41) is 3.57. The van der Waals surface area contributed by atoms with E-state index in [1.807, 2.05) is 24.3 Å². The molecule has 0 bridgehead atoms. The van der Waals surface area contributed by atoms with Crippen molar-refractivity contribution in [2.45, 2.75) is 38.1 Å². The monoisotopic (exact) mass is 375 g/mol. The number of nitrogens with one attached hydrogen (secondary N) is 1. The van der Waals surface area contributed by atoms with Crippen molar-refractivity contribution in [3.63, 3.8) is 0 Å². The molecule has 0 spiro atoms. The Labute approximate surface area is 167 Å². The predicted molar refractivity (Wildman–Crippen MR) is 115 cm³/mol. The number of likely N-dealkylation sites (tertiary alicyclic amines) is 1. The molecule has 0 aliphatic carbocycles. The lowest BCUT2D eigenvalue weighted by Gasteiger charge is -2.40. The molecule has 2 aromatic rings. The van der Waals surface area contributed by atoms with Gasteiger partial charge in [-0.2, -0.15) is 0 Å². The van der Waals surface area contributed by atoms with Gasteiger partial charge in [-0.3, -0.25) is 4.79 Å². The molecule has 0 saturated carbocycles. The molecule has 1 saturated heterocycles. The van der Waals surface area contributed by atoms with Gasteiger partial charge < -0.3 is 15.1 Å². The van der Waals surface area contributed by atoms with Crippen molar-refractivity contribution in [2.75, 3.05) is 42.9 Å². The lowest BCUT2D eigenvalue weighted by molar-refractivity contribution is 0.0971. The third kappa shape index (κ3) is 3.10. The number of hydrogen-bond donors (Lipinski definition) is 1. The SMILES string of the molecule is Cc1ccc(C(=O)CCCN2CC[C@H]3[C@@H](C2)c2cccc4c2N3CCN4)cc1. The number of fused-ring (bicyclic) bond motifs is 3. The van der Waals surface area contributed by atoms with Crippen molar-refractivity contribution in [1.82, 2.24) is 4.90 Å². The average Bonchev–Trinajstić information content (AvgIpc) is 3.04. The fraction of sp³-hybridized carbons (Fsp3) is 0.458. The molecular formula is C24H29N3O. The van der Waals surface area contributed by atoms with Crippen molar-refractivity contribution < 1.29 is 4.79 Å².